The van der Waals surface area contributed by atoms with Crippen molar-refractivity contribution >= 4 is 13.3 Å². The van der Waals surface area contributed by atoms with E-state index in [4.69, 9.17) is 0 Å². The van der Waals surface area contributed by atoms with Crippen molar-refractivity contribution in [2.45, 2.75) is 46.3 Å². The summed E-state index contributed by atoms with van der Waals surface area (Å²) in [6.07, 6.45) is 4.75. The van der Waals surface area contributed by atoms with Gasteiger partial charge < -0.3 is 0 Å². The van der Waals surface area contributed by atoms with Gasteiger partial charge in [-0.2, -0.15) is 0 Å². The van der Waals surface area contributed by atoms with E-state index in [1.807, 2.05) is 0 Å². The molecule has 1 aromatic carbocycles. The molecule has 2 heteroatoms. The topological polar surface area (TPSA) is 3.88 Å². The van der Waals surface area contributed by atoms with Gasteiger partial charge in [0.05, 0.1) is 8.07 Å². The molecule has 2 aromatic rings. The predicted octanol–water partition coefficient (Wildman–Crippen LogP) is 3.98. The average molecular weight is 299 g/mol. The molecule has 0 N–H and O–H groups in total. The fourth-order valence-corrected chi connectivity index (χ4v) is 4.72. The minimum Gasteiger partial charge on any atom is -0.201 e. The van der Waals surface area contributed by atoms with Gasteiger partial charge in [0, 0.05) is 17.2 Å². The maximum atomic E-state index is 2.46. The molecule has 0 radical (unpaired) electrons. The van der Waals surface area contributed by atoms with Crippen molar-refractivity contribution < 1.29 is 4.57 Å². The maximum Gasteiger partial charge on any atom is 0.212 e. The number of aromatic nitrogens is 1. The zero-order valence-corrected chi connectivity index (χ0v) is 15.3. The molecule has 21 heavy (non-hydrogen) atoms. The van der Waals surface area contributed by atoms with E-state index in [0.29, 0.717) is 0 Å². The number of pyridine rings is 1. The van der Waals surface area contributed by atoms with Crippen LogP contribution in [0.3, 0.4) is 0 Å². The lowest BCUT2D eigenvalue weighted by atomic mass is 10.0. The summed E-state index contributed by atoms with van der Waals surface area (Å²) < 4.78 is 2.30. The lowest BCUT2D eigenvalue weighted by Crippen LogP contribution is -2.45. The van der Waals surface area contributed by atoms with Crippen LogP contribution in [0.25, 0.3) is 11.3 Å². The maximum absolute atomic E-state index is 2.46. The van der Waals surface area contributed by atoms with Gasteiger partial charge in [-0.3, -0.25) is 0 Å². The Morgan fingerprint density at radius 2 is 1.76 bits per heavy atom. The van der Waals surface area contributed by atoms with Gasteiger partial charge in [-0.25, -0.2) is 4.57 Å². The van der Waals surface area contributed by atoms with Crippen molar-refractivity contribution in [1.82, 2.24) is 0 Å². The van der Waals surface area contributed by atoms with Crippen molar-refractivity contribution in [1.29, 1.82) is 0 Å². The molecule has 0 saturated heterocycles. The predicted molar refractivity (Wildman–Crippen MR) is 94.8 cm³/mol. The summed E-state index contributed by atoms with van der Waals surface area (Å²) in [4.78, 5) is 0. The van der Waals surface area contributed by atoms with Crippen molar-refractivity contribution in [2.24, 2.45) is 7.05 Å². The third-order valence-electron chi connectivity index (χ3n) is 4.10. The number of hydrogen-bond donors (Lipinski definition) is 0. The van der Waals surface area contributed by atoms with Crippen LogP contribution in [0.15, 0.2) is 36.5 Å². The Morgan fingerprint density at radius 3 is 2.33 bits per heavy atom. The van der Waals surface area contributed by atoms with Gasteiger partial charge >= 0.3 is 0 Å². The number of hydrogen-bond acceptors (Lipinski definition) is 0. The summed E-state index contributed by atoms with van der Waals surface area (Å²) >= 11 is 0. The molecule has 0 spiro atoms. The zero-order valence-electron chi connectivity index (χ0n) is 14.3. The molecule has 112 valence electrons. The molecule has 0 saturated carbocycles. The molecule has 0 unspecified atom stereocenters. The number of nitrogens with zero attached hydrogens (tertiary/aromatic N) is 1. The first-order valence-electron chi connectivity index (χ1n) is 7.93. The smallest absolute Gasteiger partial charge is 0.201 e. The molecular weight excluding hydrogens is 270 g/mol. The van der Waals surface area contributed by atoms with Gasteiger partial charge in [-0.05, 0) is 30.2 Å². The fourth-order valence-electron chi connectivity index (χ4n) is 3.00. The van der Waals surface area contributed by atoms with Crippen LogP contribution in [0.2, 0.25) is 19.6 Å². The van der Waals surface area contributed by atoms with Crippen molar-refractivity contribution in [2.75, 3.05) is 0 Å². The summed E-state index contributed by atoms with van der Waals surface area (Å²) in [6, 6.07) is 11.1. The van der Waals surface area contributed by atoms with Gasteiger partial charge in [0.1, 0.15) is 7.05 Å². The molecule has 2 rings (SSSR count). The molecule has 1 aromatic heterocycles. The number of rotatable bonds is 4. The average Bonchev–Trinajstić information content (AvgIpc) is 2.39. The van der Waals surface area contributed by atoms with Crippen molar-refractivity contribution in [3.05, 3.63) is 47.7 Å². The van der Waals surface area contributed by atoms with Crippen molar-refractivity contribution in [3.8, 4) is 11.3 Å². The quantitative estimate of drug-likeness (QED) is 0.594. The first-order valence-corrected chi connectivity index (χ1v) is 11.4. The zero-order chi connectivity index (χ0) is 15.6. The summed E-state index contributed by atoms with van der Waals surface area (Å²) in [5.41, 5.74) is 5.57. The first-order chi connectivity index (χ1) is 9.84. The second kappa shape index (κ2) is 6.14. The van der Waals surface area contributed by atoms with E-state index < -0.39 is 8.07 Å². The van der Waals surface area contributed by atoms with Gasteiger partial charge in [-0.15, -0.1) is 0 Å². The number of benzene rings is 1. The minimum atomic E-state index is -1.33. The molecule has 1 nitrogen and oxygen atoms in total. The van der Waals surface area contributed by atoms with Crippen LogP contribution in [0.1, 0.15) is 24.5 Å². The van der Waals surface area contributed by atoms with Crippen LogP contribution in [-0.4, -0.2) is 8.07 Å². The summed E-state index contributed by atoms with van der Waals surface area (Å²) in [5, 5.41) is 1.61. The van der Waals surface area contributed by atoms with Crippen LogP contribution in [0.5, 0.6) is 0 Å². The minimum absolute atomic E-state index is 1.18. The summed E-state index contributed by atoms with van der Waals surface area (Å²) in [7, 11) is 0.842. The SMILES string of the molecule is CCCc1c[n+](C)c(-c2ccccc2C)cc1[Si](C)(C)C. The Balaban J connectivity index is 2.67. The lowest BCUT2D eigenvalue weighted by molar-refractivity contribution is -0.660. The lowest BCUT2D eigenvalue weighted by Gasteiger charge is -2.21. The number of aryl methyl sites for hydroxylation is 3. The van der Waals surface area contributed by atoms with E-state index in [0.717, 1.165) is 0 Å². The third kappa shape index (κ3) is 3.43. The Labute approximate surface area is 130 Å². The normalized spacial score (nSPS) is 11.7. The highest BCUT2D eigenvalue weighted by Gasteiger charge is 2.25. The van der Waals surface area contributed by atoms with Crippen LogP contribution in [0.4, 0.5) is 0 Å². The monoisotopic (exact) mass is 298 g/mol. The molecule has 1 heterocycles. The molecule has 0 bridgehead atoms. The molecule has 0 atom stereocenters. The third-order valence-corrected chi connectivity index (χ3v) is 6.19. The Bertz CT molecular complexity index is 638. The molecule has 0 aliphatic carbocycles. The molecular formula is C19H28NSi+. The second-order valence-electron chi connectivity index (χ2n) is 7.02. The molecule has 0 aliphatic rings. The van der Waals surface area contributed by atoms with Crippen molar-refractivity contribution in [3.63, 3.8) is 0 Å². The van der Waals surface area contributed by atoms with Crippen LogP contribution in [0, 0.1) is 6.92 Å². The van der Waals surface area contributed by atoms with E-state index in [2.05, 4.69) is 81.6 Å². The first kappa shape index (κ1) is 16.0. The van der Waals surface area contributed by atoms with E-state index in [9.17, 15) is 0 Å². The Morgan fingerprint density at radius 1 is 1.10 bits per heavy atom. The fraction of sp³-hybridized carbons (Fsp3) is 0.421. The highest BCUT2D eigenvalue weighted by atomic mass is 28.3. The van der Waals surface area contributed by atoms with E-state index in [1.54, 1.807) is 5.19 Å². The summed E-state index contributed by atoms with van der Waals surface area (Å²) in [5.74, 6) is 0. The van der Waals surface area contributed by atoms with Gasteiger partial charge in [0.25, 0.3) is 0 Å². The van der Waals surface area contributed by atoms with E-state index in [-0.39, 0.29) is 0 Å². The van der Waals surface area contributed by atoms with Crippen LogP contribution >= 0.6 is 0 Å². The standard InChI is InChI=1S/C19H28NSi/c1-7-10-16-14-20(3)18(13-19(16)21(4,5)6)17-12-9-8-11-15(17)2/h8-9,11-14H,7,10H2,1-6H3/q+1. The van der Waals surface area contributed by atoms with Gasteiger partial charge in [-0.1, -0.05) is 51.2 Å². The summed E-state index contributed by atoms with van der Waals surface area (Å²) in [6.45, 7) is 11.8. The van der Waals surface area contributed by atoms with E-state index >= 15 is 0 Å². The van der Waals surface area contributed by atoms with E-state index in [1.165, 1.54) is 35.2 Å². The highest BCUT2D eigenvalue weighted by Crippen LogP contribution is 2.21. The largest absolute Gasteiger partial charge is 0.212 e. The molecule has 0 fully saturated rings. The highest BCUT2D eigenvalue weighted by molar-refractivity contribution is 6.89. The molecule has 0 aliphatic heterocycles. The van der Waals surface area contributed by atoms with Crippen LogP contribution < -0.4 is 9.75 Å². The second-order valence-corrected chi connectivity index (χ2v) is 12.1. The Hall–Kier alpha value is -1.41. The Kier molecular flexibility index (Phi) is 4.67. The van der Waals surface area contributed by atoms with Gasteiger partial charge in [0.2, 0.25) is 5.69 Å². The van der Waals surface area contributed by atoms with Gasteiger partial charge in [0.15, 0.2) is 6.20 Å². The molecule has 0 amide bonds. The van der Waals surface area contributed by atoms with Crippen LogP contribution in [-0.2, 0) is 13.5 Å².